The van der Waals surface area contributed by atoms with E-state index in [-0.39, 0.29) is 23.5 Å². The first-order valence-corrected chi connectivity index (χ1v) is 8.36. The standard InChI is InChI=1S/C15H22N2O.ClHO4/c1-15(2,3)14-16-12(13(18)17(14)4)10-11-8-6-5-7-9-11;2-1(3,4)5/h5-9,12,14,16H,10H2,1-4H3;(H,2,3,4,5)/t12-,14-;/m0./s1. The van der Waals surface area contributed by atoms with Crippen LogP contribution in [0, 0.1) is 15.7 Å². The normalized spacial score (nSPS) is 21.9. The lowest BCUT2D eigenvalue weighted by atomic mass is 9.92. The van der Waals surface area contributed by atoms with Gasteiger partial charge in [0.1, 0.15) is 0 Å². The molecule has 1 heterocycles. The van der Waals surface area contributed by atoms with E-state index in [1.807, 2.05) is 30.1 Å². The Morgan fingerprint density at radius 3 is 2.09 bits per heavy atom. The Kier molecular flexibility index (Phi) is 6.52. The van der Waals surface area contributed by atoms with Gasteiger partial charge in [-0.05, 0) is 17.4 Å². The van der Waals surface area contributed by atoms with E-state index >= 15 is 0 Å². The number of carbonyl (C=O) groups excluding carboxylic acids is 1. The summed E-state index contributed by atoms with van der Waals surface area (Å²) in [4.78, 5) is 14.1. The molecule has 0 unspecified atom stereocenters. The van der Waals surface area contributed by atoms with Gasteiger partial charge in [0.25, 0.3) is 0 Å². The maximum atomic E-state index is 12.2. The molecule has 8 heteroatoms. The second-order valence-corrected chi connectivity index (χ2v) is 7.31. The fourth-order valence-corrected chi connectivity index (χ4v) is 2.57. The molecule has 1 aliphatic heterocycles. The van der Waals surface area contributed by atoms with E-state index in [4.69, 9.17) is 18.6 Å². The van der Waals surface area contributed by atoms with Crippen LogP contribution in [-0.2, 0) is 11.2 Å². The summed E-state index contributed by atoms with van der Waals surface area (Å²) in [6.07, 6.45) is 0.870. The lowest BCUT2D eigenvalue weighted by Crippen LogP contribution is -2.58. The van der Waals surface area contributed by atoms with Crippen molar-refractivity contribution in [1.29, 1.82) is 0 Å². The minimum absolute atomic E-state index is 0.0514. The number of halogens is 1. The second-order valence-electron chi connectivity index (χ2n) is 6.52. The summed E-state index contributed by atoms with van der Waals surface area (Å²) in [7, 11) is -2.81. The lowest BCUT2D eigenvalue weighted by Gasteiger charge is -2.32. The maximum Gasteiger partial charge on any atom is 0.241 e. The SMILES string of the molecule is CN1C(=O)[C@H](Cc2ccccc2)N[C@@H]1C(C)(C)C.[O-][Cl+3]([O-])([O-])O. The van der Waals surface area contributed by atoms with Crippen LogP contribution >= 0.6 is 0 Å². The number of nitrogens with one attached hydrogen (secondary N) is 1. The molecule has 2 rings (SSSR count). The quantitative estimate of drug-likeness (QED) is 0.633. The first kappa shape index (κ1) is 19.8. The molecule has 1 aliphatic rings. The molecule has 0 spiro atoms. The Bertz CT molecular complexity index is 507. The third kappa shape index (κ3) is 6.82. The average Bonchev–Trinajstić information content (AvgIpc) is 2.66. The Labute approximate surface area is 138 Å². The van der Waals surface area contributed by atoms with Crippen molar-refractivity contribution in [2.45, 2.75) is 39.4 Å². The fraction of sp³-hybridized carbons (Fsp3) is 0.533. The van der Waals surface area contributed by atoms with Crippen molar-refractivity contribution in [2.75, 3.05) is 7.05 Å². The smallest absolute Gasteiger partial charge is 0.241 e. The van der Waals surface area contributed by atoms with Crippen molar-refractivity contribution in [1.82, 2.24) is 10.2 Å². The Morgan fingerprint density at radius 1 is 1.22 bits per heavy atom. The average molecular weight is 347 g/mol. The first-order chi connectivity index (χ1) is 10.4. The van der Waals surface area contributed by atoms with Crippen molar-refractivity contribution in [3.8, 4) is 0 Å². The third-order valence-electron chi connectivity index (χ3n) is 3.50. The third-order valence-corrected chi connectivity index (χ3v) is 3.50. The van der Waals surface area contributed by atoms with Crippen LogP contribution in [0.25, 0.3) is 0 Å². The summed E-state index contributed by atoms with van der Waals surface area (Å²) in [5.41, 5.74) is 1.25. The van der Waals surface area contributed by atoms with Crippen molar-refractivity contribution < 1.29 is 33.7 Å². The molecule has 1 aromatic carbocycles. The number of hydrogen-bond acceptors (Lipinski definition) is 6. The number of rotatable bonds is 2. The number of carbonyl (C=O) groups is 1. The zero-order chi connectivity index (χ0) is 17.8. The Morgan fingerprint density at radius 2 is 1.70 bits per heavy atom. The molecule has 1 saturated heterocycles. The van der Waals surface area contributed by atoms with Crippen molar-refractivity contribution in [2.24, 2.45) is 5.41 Å². The van der Waals surface area contributed by atoms with Gasteiger partial charge in [0.2, 0.25) is 5.91 Å². The zero-order valence-electron chi connectivity index (χ0n) is 13.7. The summed E-state index contributed by atoms with van der Waals surface area (Å²) in [5.74, 6) is 0.193. The molecule has 0 bridgehead atoms. The van der Waals surface area contributed by atoms with Gasteiger partial charge in [0.15, 0.2) is 0 Å². The molecule has 7 nitrogen and oxygen atoms in total. The van der Waals surface area contributed by atoms with Gasteiger partial charge in [-0.25, -0.2) is 0 Å². The molecule has 130 valence electrons. The highest BCUT2D eigenvalue weighted by Gasteiger charge is 2.41. The molecule has 0 saturated carbocycles. The van der Waals surface area contributed by atoms with E-state index in [0.717, 1.165) is 6.42 Å². The summed E-state index contributed by atoms with van der Waals surface area (Å²) in [6.45, 7) is 6.46. The van der Waals surface area contributed by atoms with Crippen LogP contribution in [0.15, 0.2) is 30.3 Å². The predicted molar refractivity (Wildman–Crippen MR) is 75.3 cm³/mol. The van der Waals surface area contributed by atoms with Gasteiger partial charge in [-0.1, -0.05) is 51.1 Å². The molecule has 2 N–H and O–H groups in total. The fourth-order valence-electron chi connectivity index (χ4n) is 2.57. The summed E-state index contributed by atoms with van der Waals surface area (Å²) < 4.78 is 32.7. The van der Waals surface area contributed by atoms with E-state index in [1.54, 1.807) is 0 Å². The van der Waals surface area contributed by atoms with Gasteiger partial charge in [0, 0.05) is 7.05 Å². The lowest BCUT2D eigenvalue weighted by molar-refractivity contribution is -1.92. The largest absolute Gasteiger partial charge is 0.328 e. The van der Waals surface area contributed by atoms with Crippen LogP contribution in [0.1, 0.15) is 26.3 Å². The highest BCUT2D eigenvalue weighted by atomic mass is 35.7. The first-order valence-electron chi connectivity index (χ1n) is 7.09. The van der Waals surface area contributed by atoms with E-state index in [0.29, 0.717) is 0 Å². The van der Waals surface area contributed by atoms with Gasteiger partial charge < -0.3 is 4.90 Å². The molecular weight excluding hydrogens is 324 g/mol. The number of amides is 1. The molecule has 1 aromatic rings. The molecule has 1 amide bonds. The highest BCUT2D eigenvalue weighted by Crippen LogP contribution is 2.27. The van der Waals surface area contributed by atoms with Crippen LogP contribution in [0.5, 0.6) is 0 Å². The molecule has 0 radical (unpaired) electrons. The van der Waals surface area contributed by atoms with Crippen LogP contribution in [0.4, 0.5) is 0 Å². The van der Waals surface area contributed by atoms with E-state index in [2.05, 4.69) is 38.2 Å². The summed E-state index contributed by atoms with van der Waals surface area (Å²) >= 11 is 0. The van der Waals surface area contributed by atoms with Gasteiger partial charge >= 0.3 is 0 Å². The van der Waals surface area contributed by atoms with Crippen LogP contribution in [0.2, 0.25) is 0 Å². The number of hydrogen-bond donors (Lipinski definition) is 2. The van der Waals surface area contributed by atoms with E-state index in [1.165, 1.54) is 5.56 Å². The number of nitrogens with zero attached hydrogens (tertiary/aromatic N) is 1. The molecular formula is C15H23ClN2O5. The minimum Gasteiger partial charge on any atom is -0.328 e. The van der Waals surface area contributed by atoms with E-state index < -0.39 is 10.2 Å². The monoisotopic (exact) mass is 346 g/mol. The molecule has 2 atom stereocenters. The highest BCUT2D eigenvalue weighted by molar-refractivity contribution is 5.84. The van der Waals surface area contributed by atoms with Gasteiger partial charge in [-0.15, -0.1) is 0 Å². The molecule has 23 heavy (non-hydrogen) atoms. The van der Waals surface area contributed by atoms with Crippen molar-refractivity contribution in [3.05, 3.63) is 35.9 Å². The van der Waals surface area contributed by atoms with Crippen molar-refractivity contribution in [3.63, 3.8) is 0 Å². The second kappa shape index (κ2) is 7.57. The molecule has 1 fully saturated rings. The Balaban J connectivity index is 0.000000463. The molecule has 0 aromatic heterocycles. The predicted octanol–water partition coefficient (Wildman–Crippen LogP) is -2.09. The van der Waals surface area contributed by atoms with Gasteiger partial charge in [0.05, 0.1) is 27.1 Å². The summed E-state index contributed by atoms with van der Waals surface area (Å²) in [5, 5.41) is 3.46. The van der Waals surface area contributed by atoms with Gasteiger partial charge in [-0.2, -0.15) is 14.0 Å². The summed E-state index contributed by atoms with van der Waals surface area (Å²) in [6, 6.07) is 10.1. The topological polar surface area (TPSA) is 122 Å². The number of benzene rings is 1. The Hall–Kier alpha value is -1.22. The van der Waals surface area contributed by atoms with Gasteiger partial charge in [-0.3, -0.25) is 10.1 Å². The van der Waals surface area contributed by atoms with Crippen LogP contribution in [-0.4, -0.2) is 34.7 Å². The van der Waals surface area contributed by atoms with Crippen molar-refractivity contribution >= 4 is 5.91 Å². The minimum atomic E-state index is -4.69. The zero-order valence-corrected chi connectivity index (χ0v) is 14.4. The maximum absolute atomic E-state index is 12.2. The van der Waals surface area contributed by atoms with E-state index in [9.17, 15) is 4.79 Å². The number of likely N-dealkylation sites (N-methyl/N-ethyl adjacent to an activating group) is 1. The van der Waals surface area contributed by atoms with Crippen LogP contribution < -0.4 is 19.3 Å². The van der Waals surface area contributed by atoms with Crippen LogP contribution in [0.3, 0.4) is 0 Å². The molecule has 0 aliphatic carbocycles.